The number of fused-ring (bicyclic) bond motifs is 2. The van der Waals surface area contributed by atoms with Gasteiger partial charge < -0.3 is 15.0 Å². The van der Waals surface area contributed by atoms with Gasteiger partial charge in [-0.1, -0.05) is 60.1 Å². The second kappa shape index (κ2) is 6.48. The number of aromatic nitrogens is 1. The standard InChI is InChI=1S/C24H19ClN2O2/c1-15-22(18-6-2-4-8-20(18)26-15)24(29)19-7-3-5-9-21(19)27(23(24)28)14-16-10-12-17(25)13-11-16/h2-13,26,29H,14H2,1H3/t24-/m0/s1. The number of aliphatic hydroxyl groups is 1. The summed E-state index contributed by atoms with van der Waals surface area (Å²) in [6, 6.07) is 22.6. The molecule has 29 heavy (non-hydrogen) atoms. The zero-order chi connectivity index (χ0) is 20.2. The molecule has 1 amide bonds. The molecule has 0 aliphatic carbocycles. The Morgan fingerprint density at radius 2 is 1.69 bits per heavy atom. The molecule has 5 heteroatoms. The lowest BCUT2D eigenvalue weighted by Gasteiger charge is -2.24. The maximum absolute atomic E-state index is 13.7. The smallest absolute Gasteiger partial charge is 0.268 e. The maximum Gasteiger partial charge on any atom is 0.268 e. The third kappa shape index (κ3) is 2.60. The summed E-state index contributed by atoms with van der Waals surface area (Å²) in [5.41, 5.74) is 2.82. The van der Waals surface area contributed by atoms with Crippen molar-refractivity contribution >= 4 is 34.1 Å². The Bertz CT molecular complexity index is 1250. The molecule has 5 rings (SSSR count). The lowest BCUT2D eigenvalue weighted by Crippen LogP contribution is -2.41. The van der Waals surface area contributed by atoms with Crippen LogP contribution in [0.5, 0.6) is 0 Å². The number of benzene rings is 3. The van der Waals surface area contributed by atoms with Crippen LogP contribution in [-0.4, -0.2) is 16.0 Å². The Morgan fingerprint density at radius 3 is 2.48 bits per heavy atom. The van der Waals surface area contributed by atoms with E-state index >= 15 is 0 Å². The fourth-order valence-electron chi connectivity index (χ4n) is 4.35. The van der Waals surface area contributed by atoms with E-state index in [1.165, 1.54) is 0 Å². The molecule has 1 aliphatic rings. The van der Waals surface area contributed by atoms with Crippen LogP contribution in [0.25, 0.3) is 10.9 Å². The quantitative estimate of drug-likeness (QED) is 0.511. The molecule has 4 aromatic rings. The molecule has 0 fully saturated rings. The van der Waals surface area contributed by atoms with Gasteiger partial charge in [-0.15, -0.1) is 0 Å². The van der Waals surface area contributed by atoms with Crippen LogP contribution in [0, 0.1) is 6.92 Å². The molecule has 2 N–H and O–H groups in total. The largest absolute Gasteiger partial charge is 0.372 e. The van der Waals surface area contributed by atoms with Crippen LogP contribution in [0.2, 0.25) is 5.02 Å². The molecule has 0 saturated heterocycles. The van der Waals surface area contributed by atoms with Gasteiger partial charge in [0.05, 0.1) is 12.2 Å². The highest BCUT2D eigenvalue weighted by Gasteiger charge is 2.52. The first kappa shape index (κ1) is 18.0. The third-order valence-electron chi connectivity index (χ3n) is 5.65. The number of hydrogen-bond donors (Lipinski definition) is 2. The van der Waals surface area contributed by atoms with Crippen molar-refractivity contribution in [2.45, 2.75) is 19.1 Å². The number of H-pyrrole nitrogens is 1. The number of aromatic amines is 1. The number of nitrogens with one attached hydrogen (secondary N) is 1. The minimum atomic E-state index is -1.74. The molecule has 2 heterocycles. The normalized spacial score (nSPS) is 18.4. The molecule has 1 aromatic heterocycles. The van der Waals surface area contributed by atoms with Crippen LogP contribution in [0.3, 0.4) is 0 Å². The molecular formula is C24H19ClN2O2. The summed E-state index contributed by atoms with van der Waals surface area (Å²) in [6.07, 6.45) is 0. The molecule has 0 unspecified atom stereocenters. The van der Waals surface area contributed by atoms with Gasteiger partial charge in [0, 0.05) is 32.7 Å². The van der Waals surface area contributed by atoms with Gasteiger partial charge in [-0.25, -0.2) is 0 Å². The average molecular weight is 403 g/mol. The predicted octanol–water partition coefficient (Wildman–Crippen LogP) is 4.91. The van der Waals surface area contributed by atoms with E-state index < -0.39 is 5.60 Å². The molecule has 4 nitrogen and oxygen atoms in total. The molecule has 0 spiro atoms. The van der Waals surface area contributed by atoms with Gasteiger partial charge >= 0.3 is 0 Å². The van der Waals surface area contributed by atoms with Crippen molar-refractivity contribution in [3.05, 3.63) is 100 Å². The molecule has 0 radical (unpaired) electrons. The number of para-hydroxylation sites is 2. The zero-order valence-corrected chi connectivity index (χ0v) is 16.6. The number of rotatable bonds is 3. The van der Waals surface area contributed by atoms with Crippen LogP contribution < -0.4 is 4.90 Å². The van der Waals surface area contributed by atoms with Crippen molar-refractivity contribution in [3.63, 3.8) is 0 Å². The summed E-state index contributed by atoms with van der Waals surface area (Å²) in [6.45, 7) is 2.25. The summed E-state index contributed by atoms with van der Waals surface area (Å²) in [5.74, 6) is -0.346. The van der Waals surface area contributed by atoms with E-state index in [0.717, 1.165) is 27.8 Å². The number of amides is 1. The van der Waals surface area contributed by atoms with Crippen LogP contribution in [-0.2, 0) is 16.9 Å². The lowest BCUT2D eigenvalue weighted by atomic mass is 9.85. The molecule has 1 atom stereocenters. The summed E-state index contributed by atoms with van der Waals surface area (Å²) in [7, 11) is 0. The first-order valence-corrected chi connectivity index (χ1v) is 9.84. The second-order valence-electron chi connectivity index (χ2n) is 7.42. The van der Waals surface area contributed by atoms with Crippen LogP contribution in [0.4, 0.5) is 5.69 Å². The molecule has 3 aromatic carbocycles. The summed E-state index contributed by atoms with van der Waals surface area (Å²) in [5, 5.41) is 13.4. The third-order valence-corrected chi connectivity index (χ3v) is 5.90. The molecule has 0 bridgehead atoms. The van der Waals surface area contributed by atoms with E-state index in [2.05, 4.69) is 4.98 Å². The minimum absolute atomic E-state index is 0.346. The van der Waals surface area contributed by atoms with Gasteiger partial charge in [0.2, 0.25) is 0 Å². The number of hydrogen-bond acceptors (Lipinski definition) is 2. The van der Waals surface area contributed by atoms with Gasteiger partial charge in [-0.3, -0.25) is 4.79 Å². The van der Waals surface area contributed by atoms with E-state index in [0.29, 0.717) is 22.7 Å². The maximum atomic E-state index is 13.7. The zero-order valence-electron chi connectivity index (χ0n) is 15.8. The molecular weight excluding hydrogens is 384 g/mol. The van der Waals surface area contributed by atoms with E-state index in [1.54, 1.807) is 17.0 Å². The Labute approximate surface area is 173 Å². The van der Waals surface area contributed by atoms with Crippen molar-refractivity contribution in [3.8, 4) is 0 Å². The van der Waals surface area contributed by atoms with E-state index in [4.69, 9.17) is 11.6 Å². The Morgan fingerprint density at radius 1 is 1.00 bits per heavy atom. The first-order valence-electron chi connectivity index (χ1n) is 9.46. The van der Waals surface area contributed by atoms with Gasteiger partial charge in [0.15, 0.2) is 5.60 Å². The summed E-state index contributed by atoms with van der Waals surface area (Å²) < 4.78 is 0. The van der Waals surface area contributed by atoms with Gasteiger partial charge in [0.25, 0.3) is 5.91 Å². The van der Waals surface area contributed by atoms with Crippen molar-refractivity contribution in [2.75, 3.05) is 4.90 Å². The van der Waals surface area contributed by atoms with E-state index in [9.17, 15) is 9.90 Å². The number of carbonyl (C=O) groups is 1. The molecule has 144 valence electrons. The Balaban J connectivity index is 1.69. The van der Waals surface area contributed by atoms with Crippen LogP contribution >= 0.6 is 11.6 Å². The number of aryl methyl sites for hydroxylation is 1. The van der Waals surface area contributed by atoms with Gasteiger partial charge in [0.1, 0.15) is 0 Å². The van der Waals surface area contributed by atoms with Crippen molar-refractivity contribution in [2.24, 2.45) is 0 Å². The first-order chi connectivity index (χ1) is 14.0. The topological polar surface area (TPSA) is 56.3 Å². The second-order valence-corrected chi connectivity index (χ2v) is 7.85. The number of carbonyl (C=O) groups excluding carboxylic acids is 1. The van der Waals surface area contributed by atoms with Crippen LogP contribution in [0.15, 0.2) is 72.8 Å². The minimum Gasteiger partial charge on any atom is -0.372 e. The fraction of sp³-hybridized carbons (Fsp3) is 0.125. The van der Waals surface area contributed by atoms with Gasteiger partial charge in [-0.05, 0) is 36.8 Å². The Hall–Kier alpha value is -3.08. The number of nitrogens with zero attached hydrogens (tertiary/aromatic N) is 1. The van der Waals surface area contributed by atoms with Crippen molar-refractivity contribution < 1.29 is 9.90 Å². The highest BCUT2D eigenvalue weighted by atomic mass is 35.5. The number of anilines is 1. The van der Waals surface area contributed by atoms with Gasteiger partial charge in [-0.2, -0.15) is 0 Å². The predicted molar refractivity (Wildman–Crippen MR) is 115 cm³/mol. The lowest BCUT2D eigenvalue weighted by molar-refractivity contribution is -0.132. The Kier molecular flexibility index (Phi) is 4.02. The monoisotopic (exact) mass is 402 g/mol. The highest BCUT2D eigenvalue weighted by molar-refractivity contribution is 6.30. The van der Waals surface area contributed by atoms with Crippen LogP contribution in [0.1, 0.15) is 22.4 Å². The summed E-state index contributed by atoms with van der Waals surface area (Å²) in [4.78, 5) is 18.6. The van der Waals surface area contributed by atoms with Crippen molar-refractivity contribution in [1.29, 1.82) is 0 Å². The SMILES string of the molecule is Cc1[nH]c2ccccc2c1[C@]1(O)C(=O)N(Cc2ccc(Cl)cc2)c2ccccc21. The van der Waals surface area contributed by atoms with Crippen molar-refractivity contribution in [1.82, 2.24) is 4.98 Å². The van der Waals surface area contributed by atoms with E-state index in [-0.39, 0.29) is 5.91 Å². The average Bonchev–Trinajstić information content (AvgIpc) is 3.17. The molecule has 1 aliphatic heterocycles. The molecule has 0 saturated carbocycles. The number of halogens is 1. The summed E-state index contributed by atoms with van der Waals surface area (Å²) >= 11 is 6.00. The highest BCUT2D eigenvalue weighted by Crippen LogP contribution is 2.47. The fourth-order valence-corrected chi connectivity index (χ4v) is 4.47. The van der Waals surface area contributed by atoms with E-state index in [1.807, 2.05) is 67.6 Å².